The number of hydrogen-bond donors (Lipinski definition) is 2. The van der Waals surface area contributed by atoms with E-state index in [0.717, 1.165) is 19.1 Å². The number of alkyl carbamates (subject to hydrolysis) is 1. The van der Waals surface area contributed by atoms with Gasteiger partial charge in [-0.2, -0.15) is 0 Å². The second-order valence-corrected chi connectivity index (χ2v) is 13.7. The smallest absolute Gasteiger partial charge is 0.407 e. The number of methoxy groups -OCH3 is 1. The summed E-state index contributed by atoms with van der Waals surface area (Å²) < 4.78 is 58.6. The minimum atomic E-state index is -3.50. The summed E-state index contributed by atoms with van der Waals surface area (Å²) in [5, 5.41) is 2.63. The van der Waals surface area contributed by atoms with Gasteiger partial charge in [-0.05, 0) is 70.3 Å². The molecule has 0 aliphatic carbocycles. The van der Waals surface area contributed by atoms with Crippen molar-refractivity contribution in [1.29, 1.82) is 0 Å². The summed E-state index contributed by atoms with van der Waals surface area (Å²) in [4.78, 5) is 27.3. The van der Waals surface area contributed by atoms with Crippen LogP contribution in [0.25, 0.3) is 11.1 Å². The van der Waals surface area contributed by atoms with E-state index in [1.807, 2.05) is 0 Å². The molecule has 12 heteroatoms. The van der Waals surface area contributed by atoms with Crippen LogP contribution in [0.2, 0.25) is 0 Å². The largest absolute Gasteiger partial charge is 0.491 e. The van der Waals surface area contributed by atoms with Crippen molar-refractivity contribution in [2.24, 2.45) is 0 Å². The van der Waals surface area contributed by atoms with Gasteiger partial charge in [-0.15, -0.1) is 0 Å². The van der Waals surface area contributed by atoms with E-state index in [4.69, 9.17) is 14.2 Å². The van der Waals surface area contributed by atoms with Gasteiger partial charge in [-0.1, -0.05) is 24.3 Å². The first-order valence-electron chi connectivity index (χ1n) is 14.0. The second-order valence-electron chi connectivity index (χ2n) is 11.9. The summed E-state index contributed by atoms with van der Waals surface area (Å²) in [6.07, 6.45) is 2.60. The van der Waals surface area contributed by atoms with Crippen LogP contribution in [0.5, 0.6) is 5.75 Å². The number of rotatable bonds is 10. The summed E-state index contributed by atoms with van der Waals surface area (Å²) in [7, 11) is -2.17. The molecule has 2 aromatic carbocycles. The number of halogens is 1. The van der Waals surface area contributed by atoms with E-state index in [-0.39, 0.29) is 32.0 Å². The summed E-state index contributed by atoms with van der Waals surface area (Å²) in [6.45, 7) is 6.27. The molecule has 2 saturated heterocycles. The predicted octanol–water partition coefficient (Wildman–Crippen LogP) is 3.64. The molecule has 0 radical (unpaired) electrons. The lowest BCUT2D eigenvalue weighted by atomic mass is 9.85. The highest BCUT2D eigenvalue weighted by Gasteiger charge is 2.58. The third-order valence-corrected chi connectivity index (χ3v) is 8.27. The number of esters is 1. The van der Waals surface area contributed by atoms with E-state index in [2.05, 4.69) is 14.9 Å². The zero-order chi connectivity index (χ0) is 30.7. The van der Waals surface area contributed by atoms with Gasteiger partial charge < -0.3 is 19.5 Å². The van der Waals surface area contributed by atoms with E-state index in [0.29, 0.717) is 29.0 Å². The van der Waals surface area contributed by atoms with Crippen LogP contribution in [0, 0.1) is 5.82 Å². The predicted molar refractivity (Wildman–Crippen MR) is 156 cm³/mol. The molecule has 0 unspecified atom stereocenters. The molecule has 4 rings (SSSR count). The van der Waals surface area contributed by atoms with Gasteiger partial charge in [-0.25, -0.2) is 22.3 Å². The van der Waals surface area contributed by atoms with Crippen LogP contribution < -0.4 is 14.8 Å². The standard InChI is InChI=1S/C30H40FN3O7S/c1-29(2,3)41-28(36)32-14-16-40-26-11-7-6-9-21(26)22-17-20(12-13-23(22)31)18-30(27(35)39-4)19-24(33-42(5,37)38)25-10-8-15-34(25)30/h6-7,9,11-13,17,24-25,33H,8,10,14-16,18-19H2,1-5H3,(H,32,36)/t24-,25+,30+/m1/s1. The molecule has 42 heavy (non-hydrogen) atoms. The maximum Gasteiger partial charge on any atom is 0.407 e. The minimum Gasteiger partial charge on any atom is -0.491 e. The molecule has 0 bridgehead atoms. The van der Waals surface area contributed by atoms with Crippen LogP contribution in [0.15, 0.2) is 42.5 Å². The second kappa shape index (κ2) is 12.6. The van der Waals surface area contributed by atoms with Gasteiger partial charge in [0.2, 0.25) is 10.0 Å². The summed E-state index contributed by atoms with van der Waals surface area (Å²) >= 11 is 0. The van der Waals surface area contributed by atoms with Crippen molar-refractivity contribution in [3.8, 4) is 16.9 Å². The van der Waals surface area contributed by atoms with Gasteiger partial charge in [0.1, 0.15) is 29.3 Å². The fourth-order valence-corrected chi connectivity index (χ4v) is 6.85. The lowest BCUT2D eigenvalue weighted by Crippen LogP contribution is -2.53. The SMILES string of the molecule is COC(=O)[C@]1(Cc2ccc(F)c(-c3ccccc3OCCNC(=O)OC(C)(C)C)c2)C[C@@H](NS(C)(=O)=O)[C@@H]2CCCN21. The lowest BCUT2D eigenvalue weighted by Gasteiger charge is -2.35. The molecule has 2 aliphatic heterocycles. The first kappa shape index (κ1) is 31.7. The molecular formula is C30H40FN3O7S. The monoisotopic (exact) mass is 605 g/mol. The molecular weight excluding hydrogens is 565 g/mol. The third-order valence-electron chi connectivity index (χ3n) is 7.53. The molecule has 1 amide bonds. The number of benzene rings is 2. The average molecular weight is 606 g/mol. The van der Waals surface area contributed by atoms with E-state index in [9.17, 15) is 18.0 Å². The summed E-state index contributed by atoms with van der Waals surface area (Å²) in [6, 6.07) is 11.1. The molecule has 3 atom stereocenters. The molecule has 0 saturated carbocycles. The number of nitrogens with zero attached hydrogens (tertiary/aromatic N) is 1. The fourth-order valence-electron chi connectivity index (χ4n) is 6.06. The van der Waals surface area contributed by atoms with E-state index in [1.165, 1.54) is 13.2 Å². The highest BCUT2D eigenvalue weighted by atomic mass is 32.2. The Balaban J connectivity index is 1.57. The Morgan fingerprint density at radius 2 is 1.88 bits per heavy atom. The Labute approximate surface area is 246 Å². The number of fused-ring (bicyclic) bond motifs is 1. The average Bonchev–Trinajstić information content (AvgIpc) is 3.49. The molecule has 2 heterocycles. The third kappa shape index (κ3) is 7.40. The molecule has 2 fully saturated rings. The van der Waals surface area contributed by atoms with Crippen molar-refractivity contribution in [3.05, 3.63) is 53.8 Å². The number of ether oxygens (including phenoxy) is 3. The lowest BCUT2D eigenvalue weighted by molar-refractivity contribution is -0.153. The van der Waals surface area contributed by atoms with Crippen LogP contribution >= 0.6 is 0 Å². The van der Waals surface area contributed by atoms with E-state index < -0.39 is 45.1 Å². The Morgan fingerprint density at radius 3 is 2.57 bits per heavy atom. The first-order valence-corrected chi connectivity index (χ1v) is 15.9. The number of hydrogen-bond acceptors (Lipinski definition) is 8. The number of nitrogens with one attached hydrogen (secondary N) is 2. The maximum absolute atomic E-state index is 15.3. The summed E-state index contributed by atoms with van der Waals surface area (Å²) in [5.41, 5.74) is -0.208. The van der Waals surface area contributed by atoms with E-state index >= 15 is 4.39 Å². The van der Waals surface area contributed by atoms with Crippen LogP contribution in [0.4, 0.5) is 9.18 Å². The van der Waals surface area contributed by atoms with Gasteiger partial charge in [0.25, 0.3) is 0 Å². The highest BCUT2D eigenvalue weighted by molar-refractivity contribution is 7.88. The zero-order valence-corrected chi connectivity index (χ0v) is 25.6. The molecule has 230 valence electrons. The molecule has 2 N–H and O–H groups in total. The Morgan fingerprint density at radius 1 is 1.14 bits per heavy atom. The Hall–Kier alpha value is -3.22. The van der Waals surface area contributed by atoms with Crippen molar-refractivity contribution in [1.82, 2.24) is 14.9 Å². The van der Waals surface area contributed by atoms with Gasteiger partial charge in [0, 0.05) is 29.6 Å². The number of carbonyl (C=O) groups excluding carboxylic acids is 2. The van der Waals surface area contributed by atoms with Crippen LogP contribution in [-0.4, -0.2) is 81.7 Å². The minimum absolute atomic E-state index is 0.133. The topological polar surface area (TPSA) is 123 Å². The highest BCUT2D eigenvalue weighted by Crippen LogP contribution is 2.44. The molecule has 2 aliphatic rings. The van der Waals surface area contributed by atoms with Gasteiger partial charge in [0.15, 0.2) is 0 Å². The fraction of sp³-hybridized carbons (Fsp3) is 0.533. The van der Waals surface area contributed by atoms with Crippen molar-refractivity contribution in [2.45, 2.75) is 69.7 Å². The number of carbonyl (C=O) groups is 2. The van der Waals surface area contributed by atoms with Gasteiger partial charge >= 0.3 is 12.1 Å². The number of sulfonamides is 1. The van der Waals surface area contributed by atoms with Crippen molar-refractivity contribution < 1.29 is 36.6 Å². The summed E-state index contributed by atoms with van der Waals surface area (Å²) in [5.74, 6) is -0.477. The van der Waals surface area contributed by atoms with Crippen LogP contribution in [0.3, 0.4) is 0 Å². The normalized spacial score (nSPS) is 22.4. The Kier molecular flexibility index (Phi) is 9.49. The zero-order valence-electron chi connectivity index (χ0n) is 24.7. The molecule has 0 aromatic heterocycles. The molecule has 10 nitrogen and oxygen atoms in total. The first-order chi connectivity index (χ1) is 19.7. The van der Waals surface area contributed by atoms with Crippen molar-refractivity contribution in [3.63, 3.8) is 0 Å². The van der Waals surface area contributed by atoms with Crippen LogP contribution in [-0.2, 0) is 30.7 Å². The molecule has 0 spiro atoms. The van der Waals surface area contributed by atoms with Crippen molar-refractivity contribution >= 4 is 22.1 Å². The van der Waals surface area contributed by atoms with Gasteiger partial charge in [-0.3, -0.25) is 9.69 Å². The number of para-hydroxylation sites is 1. The van der Waals surface area contributed by atoms with Crippen LogP contribution in [0.1, 0.15) is 45.6 Å². The van der Waals surface area contributed by atoms with Crippen molar-refractivity contribution in [2.75, 3.05) is 33.1 Å². The molecule has 2 aromatic rings. The number of amides is 1. The Bertz CT molecular complexity index is 1410. The quantitative estimate of drug-likeness (QED) is 0.311. The van der Waals surface area contributed by atoms with E-state index in [1.54, 1.807) is 57.2 Å². The maximum atomic E-state index is 15.3. The van der Waals surface area contributed by atoms with Gasteiger partial charge in [0.05, 0.1) is 19.9 Å².